The van der Waals surface area contributed by atoms with E-state index in [9.17, 15) is 13.2 Å². The first kappa shape index (κ1) is 10.3. The Labute approximate surface area is 77.7 Å². The van der Waals surface area contributed by atoms with Crippen LogP contribution in [0.15, 0.2) is 6.07 Å². The van der Waals surface area contributed by atoms with Crippen LogP contribution in [0.1, 0.15) is 17.7 Å². The molecule has 0 aliphatic carbocycles. The smallest absolute Gasteiger partial charge is 0.266 e. The Bertz CT molecular complexity index is 387. The van der Waals surface area contributed by atoms with E-state index in [-0.39, 0.29) is 5.69 Å². The van der Waals surface area contributed by atoms with E-state index >= 15 is 0 Å². The number of rotatable bonds is 2. The summed E-state index contributed by atoms with van der Waals surface area (Å²) in [7, 11) is 1.09. The zero-order valence-corrected chi connectivity index (χ0v) is 7.09. The normalized spacial score (nSPS) is 10.0. The van der Waals surface area contributed by atoms with Gasteiger partial charge in [-0.25, -0.2) is 13.2 Å². The van der Waals surface area contributed by atoms with Gasteiger partial charge in [0.15, 0.2) is 5.82 Å². The second kappa shape index (κ2) is 3.96. The number of halogens is 3. The van der Waals surface area contributed by atoms with E-state index in [0.29, 0.717) is 6.07 Å². The topological polar surface area (TPSA) is 45.9 Å². The third kappa shape index (κ3) is 1.76. The van der Waals surface area contributed by atoms with Crippen LogP contribution >= 0.6 is 0 Å². The summed E-state index contributed by atoms with van der Waals surface area (Å²) in [5.74, 6) is -1.83. The van der Waals surface area contributed by atoms with Gasteiger partial charge in [0.2, 0.25) is 0 Å². The summed E-state index contributed by atoms with van der Waals surface area (Å²) in [4.78, 5) is 3.36. The molecule has 0 radical (unpaired) electrons. The highest BCUT2D eigenvalue weighted by atomic mass is 19.3. The summed E-state index contributed by atoms with van der Waals surface area (Å²) in [6.45, 7) is 0. The van der Waals surface area contributed by atoms with Crippen LogP contribution in [0.4, 0.5) is 13.2 Å². The van der Waals surface area contributed by atoms with Gasteiger partial charge in [-0.1, -0.05) is 0 Å². The number of ether oxygens (including phenoxy) is 1. The average molecular weight is 202 g/mol. The van der Waals surface area contributed by atoms with Crippen molar-refractivity contribution in [3.05, 3.63) is 23.1 Å². The minimum Gasteiger partial charge on any atom is -0.479 e. The summed E-state index contributed by atoms with van der Waals surface area (Å²) in [6.07, 6.45) is -3.00. The number of nitriles is 1. The van der Waals surface area contributed by atoms with Gasteiger partial charge in [-0.15, -0.1) is 0 Å². The molecule has 0 spiro atoms. The van der Waals surface area contributed by atoms with Crippen molar-refractivity contribution in [1.82, 2.24) is 4.98 Å². The number of hydrogen-bond acceptors (Lipinski definition) is 3. The molecule has 0 amide bonds. The highest BCUT2D eigenvalue weighted by Gasteiger charge is 2.19. The van der Waals surface area contributed by atoms with Gasteiger partial charge in [0.05, 0.1) is 12.7 Å². The number of methoxy groups -OCH3 is 1. The Morgan fingerprint density at radius 2 is 2.21 bits per heavy atom. The first-order valence-corrected chi connectivity index (χ1v) is 3.52. The van der Waals surface area contributed by atoms with Crippen molar-refractivity contribution >= 4 is 0 Å². The first-order chi connectivity index (χ1) is 6.60. The number of hydrogen-bond donors (Lipinski definition) is 0. The third-order valence-corrected chi connectivity index (χ3v) is 1.50. The van der Waals surface area contributed by atoms with Gasteiger partial charge in [-0.3, -0.25) is 0 Å². The Morgan fingerprint density at radius 1 is 1.57 bits per heavy atom. The van der Waals surface area contributed by atoms with Gasteiger partial charge in [-0.05, 0) is 6.07 Å². The van der Waals surface area contributed by atoms with Crippen molar-refractivity contribution in [2.75, 3.05) is 7.11 Å². The fourth-order valence-corrected chi connectivity index (χ4v) is 0.876. The van der Waals surface area contributed by atoms with Crippen LogP contribution in [0.5, 0.6) is 5.88 Å². The fraction of sp³-hybridized carbons (Fsp3) is 0.250. The molecular formula is C8H5F3N2O. The second-order valence-electron chi connectivity index (χ2n) is 2.33. The second-order valence-corrected chi connectivity index (χ2v) is 2.33. The number of aromatic nitrogens is 1. The number of pyridine rings is 1. The van der Waals surface area contributed by atoms with E-state index < -0.39 is 23.7 Å². The average Bonchev–Trinajstić information content (AvgIpc) is 2.17. The van der Waals surface area contributed by atoms with Gasteiger partial charge in [-0.2, -0.15) is 10.2 Å². The molecule has 0 saturated carbocycles. The van der Waals surface area contributed by atoms with Gasteiger partial charge in [0, 0.05) is 0 Å². The van der Waals surface area contributed by atoms with Crippen molar-refractivity contribution in [3.63, 3.8) is 0 Å². The Hall–Kier alpha value is -1.77. The maximum absolute atomic E-state index is 13.1. The summed E-state index contributed by atoms with van der Waals surface area (Å²) in [5.41, 5.74) is -1.19. The van der Waals surface area contributed by atoms with E-state index in [4.69, 9.17) is 5.26 Å². The lowest BCUT2D eigenvalue weighted by molar-refractivity contribution is 0.145. The van der Waals surface area contributed by atoms with E-state index in [1.165, 1.54) is 6.07 Å². The van der Waals surface area contributed by atoms with Crippen LogP contribution < -0.4 is 4.74 Å². The van der Waals surface area contributed by atoms with Crippen LogP contribution in [0.25, 0.3) is 0 Å². The molecule has 0 aromatic carbocycles. The van der Waals surface area contributed by atoms with Gasteiger partial charge >= 0.3 is 0 Å². The van der Waals surface area contributed by atoms with Crippen molar-refractivity contribution < 1.29 is 17.9 Å². The standard InChI is InChI=1S/C8H5F3N2O/c1-14-8-6(9)5(7(10)11)2-4(3-12)13-8/h2,7H,1H3. The van der Waals surface area contributed by atoms with E-state index in [1.807, 2.05) is 0 Å². The summed E-state index contributed by atoms with van der Waals surface area (Å²) in [5, 5.41) is 8.42. The predicted molar refractivity (Wildman–Crippen MR) is 40.4 cm³/mol. The quantitative estimate of drug-likeness (QED) is 0.737. The lowest BCUT2D eigenvalue weighted by Crippen LogP contribution is -2.00. The van der Waals surface area contributed by atoms with Crippen molar-refractivity contribution in [3.8, 4) is 11.9 Å². The molecule has 0 atom stereocenters. The summed E-state index contributed by atoms with van der Waals surface area (Å²) >= 11 is 0. The molecule has 1 aromatic rings. The Balaban J connectivity index is 3.36. The van der Waals surface area contributed by atoms with E-state index in [0.717, 1.165) is 7.11 Å². The van der Waals surface area contributed by atoms with E-state index in [2.05, 4.69) is 9.72 Å². The first-order valence-electron chi connectivity index (χ1n) is 3.52. The summed E-state index contributed by atoms with van der Waals surface area (Å²) in [6, 6.07) is 2.23. The summed E-state index contributed by atoms with van der Waals surface area (Å²) < 4.78 is 41.9. The van der Waals surface area contributed by atoms with Crippen LogP contribution in [0, 0.1) is 17.1 Å². The molecule has 6 heteroatoms. The molecule has 74 valence electrons. The molecule has 1 rings (SSSR count). The van der Waals surface area contributed by atoms with Crippen molar-refractivity contribution in [2.45, 2.75) is 6.43 Å². The minimum atomic E-state index is -3.00. The molecule has 0 aliphatic rings. The molecule has 14 heavy (non-hydrogen) atoms. The van der Waals surface area contributed by atoms with Gasteiger partial charge < -0.3 is 4.74 Å². The lowest BCUT2D eigenvalue weighted by atomic mass is 10.2. The predicted octanol–water partition coefficient (Wildman–Crippen LogP) is 2.04. The van der Waals surface area contributed by atoms with Crippen molar-refractivity contribution in [1.29, 1.82) is 5.26 Å². The third-order valence-electron chi connectivity index (χ3n) is 1.50. The molecule has 0 N–H and O–H groups in total. The molecule has 0 saturated heterocycles. The molecule has 0 bridgehead atoms. The van der Waals surface area contributed by atoms with Crippen LogP contribution in [-0.4, -0.2) is 12.1 Å². The maximum Gasteiger partial charge on any atom is 0.266 e. The van der Waals surface area contributed by atoms with Crippen molar-refractivity contribution in [2.24, 2.45) is 0 Å². The molecule has 0 aliphatic heterocycles. The molecule has 3 nitrogen and oxygen atoms in total. The monoisotopic (exact) mass is 202 g/mol. The Kier molecular flexibility index (Phi) is 2.92. The van der Waals surface area contributed by atoms with Crippen LogP contribution in [-0.2, 0) is 0 Å². The Morgan fingerprint density at radius 3 is 2.64 bits per heavy atom. The molecule has 1 aromatic heterocycles. The minimum absolute atomic E-state index is 0.307. The number of nitrogens with zero attached hydrogens (tertiary/aromatic N) is 2. The van der Waals surface area contributed by atoms with Gasteiger partial charge in [0.25, 0.3) is 12.3 Å². The lowest BCUT2D eigenvalue weighted by Gasteiger charge is -2.05. The highest BCUT2D eigenvalue weighted by Crippen LogP contribution is 2.27. The van der Waals surface area contributed by atoms with Crippen LogP contribution in [0.2, 0.25) is 0 Å². The molecule has 0 unspecified atom stereocenters. The zero-order valence-electron chi connectivity index (χ0n) is 7.09. The van der Waals surface area contributed by atoms with Crippen LogP contribution in [0.3, 0.4) is 0 Å². The highest BCUT2D eigenvalue weighted by molar-refractivity contribution is 5.33. The molecular weight excluding hydrogens is 197 g/mol. The number of alkyl halides is 2. The van der Waals surface area contributed by atoms with Gasteiger partial charge in [0.1, 0.15) is 11.8 Å². The SMILES string of the molecule is COc1nc(C#N)cc(C(F)F)c1F. The maximum atomic E-state index is 13.1. The largest absolute Gasteiger partial charge is 0.479 e. The zero-order chi connectivity index (χ0) is 10.7. The molecule has 1 heterocycles. The van der Waals surface area contributed by atoms with E-state index in [1.54, 1.807) is 0 Å². The molecule has 0 fully saturated rings. The fourth-order valence-electron chi connectivity index (χ4n) is 0.876.